The minimum Gasteiger partial charge on any atom is -0.457 e. The molecule has 13 aromatic rings. The molecule has 5 fully saturated rings. The number of nitrogens with zero attached hydrogens (tertiary/aromatic N) is 15. The summed E-state index contributed by atoms with van der Waals surface area (Å²) < 4.78 is 116. The highest BCUT2D eigenvalue weighted by Gasteiger charge is 2.38. The minimum absolute atomic E-state index is 0.0621. The van der Waals surface area contributed by atoms with Crippen LogP contribution in [0.15, 0.2) is 241 Å². The quantitative estimate of drug-likeness (QED) is 0.0148. The van der Waals surface area contributed by atoms with Crippen molar-refractivity contribution in [3.8, 4) is 11.5 Å². The number of para-hydroxylation sites is 1. The van der Waals surface area contributed by atoms with Crippen LogP contribution in [0.3, 0.4) is 0 Å². The Morgan fingerprint density at radius 2 is 0.784 bits per heavy atom. The monoisotopic (exact) mass is 2120 g/mol. The van der Waals surface area contributed by atoms with Crippen molar-refractivity contribution >= 4 is 138 Å². The van der Waals surface area contributed by atoms with Gasteiger partial charge in [-0.3, -0.25) is 14.8 Å². The van der Waals surface area contributed by atoms with Crippen LogP contribution in [0.25, 0.3) is 0 Å². The fraction of sp³-hybridized carbons (Fsp3) is 0.358. The number of hydrogen-bond donors (Lipinski definition) is 7. The lowest BCUT2D eigenvalue weighted by Crippen LogP contribution is -2.44. The number of anilines is 12. The van der Waals surface area contributed by atoms with Gasteiger partial charge < -0.3 is 55.4 Å². The van der Waals surface area contributed by atoms with E-state index in [2.05, 4.69) is 154 Å². The number of hydrogen-bond acceptors (Lipinski definition) is 29. The van der Waals surface area contributed by atoms with Crippen molar-refractivity contribution < 1.29 is 43.3 Å². The average Bonchev–Trinajstić information content (AvgIpc) is 1.45. The molecule has 39 heteroatoms. The van der Waals surface area contributed by atoms with Crippen LogP contribution in [0.5, 0.6) is 11.5 Å². The van der Waals surface area contributed by atoms with Gasteiger partial charge in [-0.25, -0.2) is 83.0 Å². The Bertz CT molecular complexity index is 7240. The number of nitrogens with one attached hydrogen (secondary N) is 7. The Labute approximate surface area is 879 Å². The zero-order valence-electron chi connectivity index (χ0n) is 85.7. The van der Waals surface area contributed by atoms with Crippen molar-refractivity contribution in [3.63, 3.8) is 0 Å². The fourth-order valence-electron chi connectivity index (χ4n) is 16.9. The molecule has 148 heavy (non-hydrogen) atoms. The van der Waals surface area contributed by atoms with Crippen LogP contribution < -0.4 is 54.9 Å². The number of halogens is 2. The molecule has 0 amide bonds. The van der Waals surface area contributed by atoms with Crippen molar-refractivity contribution in [3.05, 3.63) is 324 Å². The third-order valence-corrected chi connectivity index (χ3v) is 33.8. The molecule has 2 aliphatic carbocycles. The lowest BCUT2D eigenvalue weighted by atomic mass is 10.0. The Hall–Kier alpha value is -12.9. The molecular weight excluding hydrogens is 1990 g/mol. The first-order valence-corrected chi connectivity index (χ1v) is 56.5. The molecule has 0 atom stereocenters. The van der Waals surface area contributed by atoms with E-state index in [1.165, 1.54) is 23.1 Å². The van der Waals surface area contributed by atoms with E-state index >= 15 is 0 Å². The Balaban J connectivity index is 0.000000148. The molecule has 18 rings (SSSR count). The summed E-state index contributed by atoms with van der Waals surface area (Å²) in [6.07, 6.45) is 12.3. The Morgan fingerprint density at radius 3 is 1.22 bits per heavy atom. The van der Waals surface area contributed by atoms with Gasteiger partial charge in [-0.15, -0.1) is 0 Å². The van der Waals surface area contributed by atoms with E-state index in [9.17, 15) is 43.8 Å². The van der Waals surface area contributed by atoms with Gasteiger partial charge in [0.15, 0.2) is 9.84 Å². The number of benzene rings is 9. The fourth-order valence-corrected chi connectivity index (χ4v) is 23.6. The van der Waals surface area contributed by atoms with Gasteiger partial charge in [0.05, 0.1) is 53.9 Å². The average molecular weight is 2120 g/mol. The second kappa shape index (κ2) is 48.1. The lowest BCUT2D eigenvalue weighted by Gasteiger charge is -2.34. The Morgan fingerprint density at radius 1 is 0.399 bits per heavy atom. The standard InChI is InChI=1S/C30H38N6O4S2.C29H32N4O3S.C27H35ClN6O2S.C23H25ClN6O2/c1-21-19-31-30(32-24-3-5-26(6-4-24)36-13-11-35(2)12-14-36)33-29(21)18-22-15-23(20-41(37,38)27-7-8-27)17-25(16-22)34-42(39,40)28-9-10-28;1-5-22-20-30-28(31-23-14-16-25(17-15-23)36-24-11-7-6-8-12-24)32-27(22)19-21-10-9-13-26(18-21)37(34,35)33-29(2,3)4;1-19-18-29-26(30-21-7-9-22(10-8-21)34-14-12-33(5)13-15-34)31-24(19)16-20-6-11-23(28)25(17-20)37(35,36)32-27(2,3)4;1-16-15-25-23(27-21(16)13-17-3-8-20(24)22(14-17)30(31)32)26-18-4-6-19(7-5-18)29-11-9-28(2)10-12-29/h3-6,15-17,19,27-28,34H,7-14,18,20H2,1-2H3,(H,31,32,33);6-18,20,33H,5,19H2,1-4H3,(H,30,31,32);6-11,17-18,32H,12-16H2,1-5H3,(H,29,30,31);3-8,14-15H,9-13H2,1-2H3,(H,25,26,27). The molecule has 780 valence electrons. The van der Waals surface area contributed by atoms with E-state index in [1.807, 2.05) is 157 Å². The second-order valence-electron chi connectivity index (χ2n) is 40.2. The summed E-state index contributed by atoms with van der Waals surface area (Å²) in [5.41, 5.74) is 17.0. The van der Waals surface area contributed by atoms with E-state index in [4.69, 9.17) is 42.9 Å². The van der Waals surface area contributed by atoms with E-state index in [1.54, 1.807) is 94.0 Å². The first-order chi connectivity index (χ1) is 70.4. The van der Waals surface area contributed by atoms with Gasteiger partial charge in [0.2, 0.25) is 53.9 Å². The number of nitro benzene ring substituents is 1. The van der Waals surface area contributed by atoms with E-state index < -0.39 is 55.9 Å². The van der Waals surface area contributed by atoms with E-state index in [-0.39, 0.29) is 41.8 Å². The number of rotatable bonds is 33. The third-order valence-electron chi connectivity index (χ3n) is 25.4. The zero-order valence-corrected chi connectivity index (χ0v) is 90.5. The van der Waals surface area contributed by atoms with E-state index in [0.29, 0.717) is 86.4 Å². The molecule has 5 aliphatic rings. The molecule has 3 aliphatic heterocycles. The molecule has 0 radical (unpaired) electrons. The van der Waals surface area contributed by atoms with Crippen molar-refractivity contribution in [2.45, 2.75) is 164 Å². The van der Waals surface area contributed by atoms with Crippen LogP contribution >= 0.6 is 23.2 Å². The maximum Gasteiger partial charge on any atom is 0.288 e. The summed E-state index contributed by atoms with van der Waals surface area (Å²) in [6, 6.07) is 64.2. The van der Waals surface area contributed by atoms with Gasteiger partial charge in [-0.05, 0) is 317 Å². The molecule has 0 bridgehead atoms. The van der Waals surface area contributed by atoms with Gasteiger partial charge >= 0.3 is 0 Å². The van der Waals surface area contributed by atoms with Crippen LogP contribution in [0.1, 0.15) is 147 Å². The number of piperazine rings is 3. The molecule has 7 heterocycles. The van der Waals surface area contributed by atoms with Crippen molar-refractivity contribution in [1.29, 1.82) is 0 Å². The highest BCUT2D eigenvalue weighted by Crippen LogP contribution is 2.37. The van der Waals surface area contributed by atoms with Gasteiger partial charge in [0.25, 0.3) is 5.69 Å². The summed E-state index contributed by atoms with van der Waals surface area (Å²) in [4.78, 5) is 61.8. The number of nitro groups is 1. The smallest absolute Gasteiger partial charge is 0.288 e. The molecule has 9 aromatic carbocycles. The normalized spacial score (nSPS) is 15.0. The number of sulfone groups is 1. The molecule has 0 unspecified atom stereocenters. The molecule has 2 saturated carbocycles. The summed E-state index contributed by atoms with van der Waals surface area (Å²) in [7, 11) is -7.72. The summed E-state index contributed by atoms with van der Waals surface area (Å²) in [6.45, 7) is 31.2. The number of aromatic nitrogens is 8. The predicted molar refractivity (Wildman–Crippen MR) is 591 cm³/mol. The van der Waals surface area contributed by atoms with Crippen LogP contribution in [0.2, 0.25) is 10.0 Å². The van der Waals surface area contributed by atoms with E-state index in [0.717, 1.165) is 186 Å². The largest absolute Gasteiger partial charge is 0.457 e. The highest BCUT2D eigenvalue weighted by atomic mass is 35.5. The molecule has 4 aromatic heterocycles. The summed E-state index contributed by atoms with van der Waals surface area (Å²) in [5.74, 6) is 3.31. The summed E-state index contributed by atoms with van der Waals surface area (Å²) >= 11 is 12.2. The molecule has 33 nitrogen and oxygen atoms in total. The number of ether oxygens (including phenoxy) is 1. The third kappa shape index (κ3) is 31.6. The molecular formula is C109H130Cl2N22O11S4. The predicted octanol–water partition coefficient (Wildman–Crippen LogP) is 19.1. The first kappa shape index (κ1) is 109. The maximum absolute atomic E-state index is 12.9. The van der Waals surface area contributed by atoms with Crippen LogP contribution in [0.4, 0.5) is 75.0 Å². The highest BCUT2D eigenvalue weighted by molar-refractivity contribution is 7.93. The Kier molecular flexibility index (Phi) is 35.5. The second-order valence-corrected chi connectivity index (χ2v) is 48.6. The SMILES string of the molecule is CCc1cnc(Nc2ccc(Oc3ccccc3)cc2)nc1Cc1cccc(S(=O)(=O)NC(C)(C)C)c1.Cc1cnc(Nc2ccc(N3CCN(C)CC3)cc2)nc1Cc1cc(CS(=O)(=O)C2CC2)cc(NS(=O)(=O)C2CC2)c1.Cc1cnc(Nc2ccc(N3CCN(C)CC3)cc2)nc1Cc1ccc(Cl)c(S(=O)(=O)NC(C)(C)C)c1.Cc1cnc(Nc2ccc(N3CCN(C)CC3)cc2)nc1Cc1ccc(Cl)c([N+](=O)[O-])c1. The zero-order chi connectivity index (χ0) is 105. The number of aryl methyl sites for hydroxylation is 4. The van der Waals surface area contributed by atoms with Gasteiger partial charge in [-0.1, -0.05) is 78.7 Å². The van der Waals surface area contributed by atoms with Crippen molar-refractivity contribution in [1.82, 2.24) is 64.0 Å². The first-order valence-electron chi connectivity index (χ1n) is 49.5. The lowest BCUT2D eigenvalue weighted by molar-refractivity contribution is -0.384. The molecule has 7 N–H and O–H groups in total. The minimum atomic E-state index is -3.77. The van der Waals surface area contributed by atoms with Crippen LogP contribution in [-0.2, 0) is 77.8 Å². The van der Waals surface area contributed by atoms with Crippen molar-refractivity contribution in [2.75, 3.05) is 140 Å². The summed E-state index contributed by atoms with van der Waals surface area (Å²) in [5, 5.41) is 23.9. The van der Waals surface area contributed by atoms with Gasteiger partial charge in [0, 0.05) is 192 Å². The van der Waals surface area contributed by atoms with Gasteiger partial charge in [-0.2, -0.15) is 0 Å². The maximum atomic E-state index is 12.9. The van der Waals surface area contributed by atoms with Crippen molar-refractivity contribution in [2.24, 2.45) is 0 Å². The number of sulfonamides is 3. The topological polar surface area (TPSA) is 396 Å². The number of likely N-dealkylation sites (N-methyl/N-ethyl adjacent to an activating group) is 3. The van der Waals surface area contributed by atoms with Crippen LogP contribution in [-0.4, -0.2) is 214 Å². The molecule has 3 saturated heterocycles. The molecule has 0 spiro atoms. The van der Waals surface area contributed by atoms with Crippen LogP contribution in [0, 0.1) is 30.9 Å². The van der Waals surface area contributed by atoms with Gasteiger partial charge in [0.1, 0.15) is 21.4 Å².